The molecule has 0 aliphatic rings. The number of nitrogens with zero attached hydrogens (tertiary/aromatic N) is 4. The van der Waals surface area contributed by atoms with Crippen LogP contribution in [0.4, 0.5) is 5.82 Å². The Labute approximate surface area is 167 Å². The molecule has 4 rings (SSSR count). The van der Waals surface area contributed by atoms with Crippen LogP contribution >= 0.6 is 15.9 Å². The zero-order valence-electron chi connectivity index (χ0n) is 15.0. The first-order valence-electron chi connectivity index (χ1n) is 8.84. The van der Waals surface area contributed by atoms with Gasteiger partial charge < -0.3 is 4.90 Å². The minimum atomic E-state index is 0.731. The summed E-state index contributed by atoms with van der Waals surface area (Å²) >= 11 is 3.53. The van der Waals surface area contributed by atoms with Crippen LogP contribution in [-0.2, 0) is 6.42 Å². The van der Waals surface area contributed by atoms with Crippen molar-refractivity contribution in [2.75, 3.05) is 18.5 Å². The Hall–Kier alpha value is -2.79. The van der Waals surface area contributed by atoms with Gasteiger partial charge in [-0.2, -0.15) is 0 Å². The lowest BCUT2D eigenvalue weighted by Gasteiger charge is -2.20. The van der Waals surface area contributed by atoms with E-state index in [0.29, 0.717) is 0 Å². The van der Waals surface area contributed by atoms with Crippen molar-refractivity contribution in [3.8, 4) is 11.4 Å². The first kappa shape index (κ1) is 17.6. The number of anilines is 1. The van der Waals surface area contributed by atoms with Crippen LogP contribution in [-0.4, -0.2) is 28.5 Å². The largest absolute Gasteiger partial charge is 0.359 e. The molecule has 0 amide bonds. The summed E-state index contributed by atoms with van der Waals surface area (Å²) < 4.78 is 1.02. The molecule has 4 nitrogen and oxygen atoms in total. The molecule has 27 heavy (non-hydrogen) atoms. The van der Waals surface area contributed by atoms with Crippen molar-refractivity contribution in [1.82, 2.24) is 15.0 Å². The maximum absolute atomic E-state index is 4.90. The van der Waals surface area contributed by atoms with Gasteiger partial charge in [0.25, 0.3) is 0 Å². The highest BCUT2D eigenvalue weighted by Gasteiger charge is 2.13. The average Bonchev–Trinajstić information content (AvgIpc) is 2.72. The summed E-state index contributed by atoms with van der Waals surface area (Å²) in [5.74, 6) is 1.67. The highest BCUT2D eigenvalue weighted by atomic mass is 79.9. The van der Waals surface area contributed by atoms with Crippen LogP contribution in [0.5, 0.6) is 0 Å². The van der Waals surface area contributed by atoms with Crippen LogP contribution in [0.25, 0.3) is 22.3 Å². The molecule has 2 heterocycles. The van der Waals surface area contributed by atoms with E-state index < -0.39 is 0 Å². The number of halogens is 1. The Morgan fingerprint density at radius 2 is 1.78 bits per heavy atom. The van der Waals surface area contributed by atoms with Gasteiger partial charge in [0, 0.05) is 47.3 Å². The molecule has 134 valence electrons. The maximum atomic E-state index is 4.90. The molecule has 0 aliphatic heterocycles. The molecule has 0 saturated heterocycles. The van der Waals surface area contributed by atoms with Crippen molar-refractivity contribution in [2.45, 2.75) is 6.42 Å². The minimum absolute atomic E-state index is 0.731. The molecule has 2 aromatic heterocycles. The van der Waals surface area contributed by atoms with Gasteiger partial charge in [0.1, 0.15) is 5.82 Å². The molecule has 0 aliphatic carbocycles. The van der Waals surface area contributed by atoms with Crippen molar-refractivity contribution in [3.63, 3.8) is 0 Å². The number of hydrogen-bond donors (Lipinski definition) is 0. The van der Waals surface area contributed by atoms with E-state index in [4.69, 9.17) is 9.97 Å². The highest BCUT2D eigenvalue weighted by molar-refractivity contribution is 9.10. The average molecular weight is 419 g/mol. The van der Waals surface area contributed by atoms with E-state index in [1.54, 1.807) is 0 Å². The molecule has 0 fully saturated rings. The van der Waals surface area contributed by atoms with E-state index in [2.05, 4.69) is 45.0 Å². The summed E-state index contributed by atoms with van der Waals surface area (Å²) in [6, 6.07) is 22.3. The fourth-order valence-corrected chi connectivity index (χ4v) is 3.44. The Morgan fingerprint density at radius 1 is 0.926 bits per heavy atom. The normalized spacial score (nSPS) is 10.9. The molecule has 0 unspecified atom stereocenters. The summed E-state index contributed by atoms with van der Waals surface area (Å²) in [6.07, 6.45) is 2.70. The van der Waals surface area contributed by atoms with Gasteiger partial charge in [-0.3, -0.25) is 4.98 Å². The lowest BCUT2D eigenvalue weighted by atomic mass is 10.1. The highest BCUT2D eigenvalue weighted by Crippen LogP contribution is 2.28. The van der Waals surface area contributed by atoms with Crippen LogP contribution in [0.1, 0.15) is 5.69 Å². The molecule has 4 aromatic rings. The van der Waals surface area contributed by atoms with Crippen molar-refractivity contribution >= 4 is 32.7 Å². The second kappa shape index (κ2) is 7.84. The lowest BCUT2D eigenvalue weighted by Crippen LogP contribution is -2.22. The molecule has 5 heteroatoms. The van der Waals surface area contributed by atoms with Crippen LogP contribution in [0.3, 0.4) is 0 Å². The molecular formula is C22H19BrN4. The standard InChI is InChI=1S/C22H19BrN4/c1-27(14-12-18-9-4-5-13-24-18)22-19-10-2-3-11-20(19)25-21(26-22)16-7-6-8-17(23)15-16/h2-11,13,15H,12,14H2,1H3. The number of benzene rings is 2. The van der Waals surface area contributed by atoms with Gasteiger partial charge in [0.2, 0.25) is 0 Å². The van der Waals surface area contributed by atoms with Gasteiger partial charge in [0.05, 0.1) is 5.52 Å². The summed E-state index contributed by atoms with van der Waals surface area (Å²) in [7, 11) is 2.07. The Kier molecular flexibility index (Phi) is 5.12. The predicted octanol–water partition coefficient (Wildman–Crippen LogP) is 5.13. The zero-order valence-corrected chi connectivity index (χ0v) is 16.6. The summed E-state index contributed by atoms with van der Waals surface area (Å²) in [5.41, 5.74) is 3.02. The molecule has 0 N–H and O–H groups in total. The van der Waals surface area contributed by atoms with E-state index in [1.807, 2.05) is 60.8 Å². The van der Waals surface area contributed by atoms with Crippen LogP contribution in [0.15, 0.2) is 77.4 Å². The van der Waals surface area contributed by atoms with Gasteiger partial charge >= 0.3 is 0 Å². The number of fused-ring (bicyclic) bond motifs is 1. The summed E-state index contributed by atoms with van der Waals surface area (Å²) in [4.78, 5) is 16.3. The van der Waals surface area contributed by atoms with Crippen molar-refractivity contribution < 1.29 is 0 Å². The smallest absolute Gasteiger partial charge is 0.162 e. The molecule has 0 radical (unpaired) electrons. The second-order valence-corrected chi connectivity index (χ2v) is 7.31. The Bertz CT molecular complexity index is 1070. The van der Waals surface area contributed by atoms with Crippen LogP contribution < -0.4 is 4.90 Å². The van der Waals surface area contributed by atoms with Crippen LogP contribution in [0.2, 0.25) is 0 Å². The van der Waals surface area contributed by atoms with Crippen molar-refractivity contribution in [2.24, 2.45) is 0 Å². The Balaban J connectivity index is 1.72. The molecular weight excluding hydrogens is 400 g/mol. The first-order valence-corrected chi connectivity index (χ1v) is 9.64. The van der Waals surface area contributed by atoms with Crippen molar-refractivity contribution in [3.05, 3.63) is 83.1 Å². The van der Waals surface area contributed by atoms with E-state index in [9.17, 15) is 0 Å². The molecule has 0 bridgehead atoms. The zero-order chi connectivity index (χ0) is 18.6. The third-order valence-corrected chi connectivity index (χ3v) is 4.95. The monoisotopic (exact) mass is 418 g/mol. The molecule has 0 spiro atoms. The number of rotatable bonds is 5. The summed E-state index contributed by atoms with van der Waals surface area (Å²) in [6.45, 7) is 0.829. The fourth-order valence-electron chi connectivity index (χ4n) is 3.04. The van der Waals surface area contributed by atoms with E-state index in [-0.39, 0.29) is 0 Å². The third-order valence-electron chi connectivity index (χ3n) is 4.46. The van der Waals surface area contributed by atoms with Gasteiger partial charge in [-0.1, -0.05) is 46.3 Å². The topological polar surface area (TPSA) is 41.9 Å². The van der Waals surface area contributed by atoms with E-state index >= 15 is 0 Å². The van der Waals surface area contributed by atoms with E-state index in [1.165, 1.54) is 0 Å². The Morgan fingerprint density at radius 3 is 2.59 bits per heavy atom. The minimum Gasteiger partial charge on any atom is -0.359 e. The molecule has 0 atom stereocenters. The SMILES string of the molecule is CN(CCc1ccccn1)c1nc(-c2cccc(Br)c2)nc2ccccc12. The summed E-state index contributed by atoms with van der Waals surface area (Å²) in [5, 5.41) is 1.06. The quantitative estimate of drug-likeness (QED) is 0.450. The predicted molar refractivity (Wildman–Crippen MR) is 114 cm³/mol. The maximum Gasteiger partial charge on any atom is 0.162 e. The van der Waals surface area contributed by atoms with E-state index in [0.717, 1.165) is 51.2 Å². The first-order chi connectivity index (χ1) is 13.2. The number of aromatic nitrogens is 3. The number of pyridine rings is 1. The number of likely N-dealkylation sites (N-methyl/N-ethyl adjacent to an activating group) is 1. The van der Waals surface area contributed by atoms with Gasteiger partial charge in [-0.15, -0.1) is 0 Å². The molecule has 2 aromatic carbocycles. The molecule has 0 saturated carbocycles. The number of para-hydroxylation sites is 1. The lowest BCUT2D eigenvalue weighted by molar-refractivity contribution is 0.841. The van der Waals surface area contributed by atoms with Gasteiger partial charge in [-0.25, -0.2) is 9.97 Å². The number of hydrogen-bond acceptors (Lipinski definition) is 4. The second-order valence-electron chi connectivity index (χ2n) is 6.39. The van der Waals surface area contributed by atoms with Crippen molar-refractivity contribution in [1.29, 1.82) is 0 Å². The van der Waals surface area contributed by atoms with Gasteiger partial charge in [-0.05, 0) is 36.4 Å². The fraction of sp³-hybridized carbons (Fsp3) is 0.136. The third kappa shape index (κ3) is 3.98. The van der Waals surface area contributed by atoms with Gasteiger partial charge in [0.15, 0.2) is 5.82 Å². The van der Waals surface area contributed by atoms with Crippen LogP contribution in [0, 0.1) is 0 Å².